The first-order valence-corrected chi connectivity index (χ1v) is 6.08. The van der Waals surface area contributed by atoms with E-state index in [-0.39, 0.29) is 12.5 Å². The summed E-state index contributed by atoms with van der Waals surface area (Å²) in [6.07, 6.45) is 1.68. The van der Waals surface area contributed by atoms with Gasteiger partial charge < -0.3 is 20.9 Å². The molecule has 5 nitrogen and oxygen atoms in total. The number of carbonyl (C=O) groups is 1. The van der Waals surface area contributed by atoms with Gasteiger partial charge in [0.2, 0.25) is 0 Å². The Bertz CT molecular complexity index is 418. The van der Waals surface area contributed by atoms with E-state index in [2.05, 4.69) is 5.32 Å². The number of amides is 1. The number of benzene rings is 1. The second-order valence-corrected chi connectivity index (χ2v) is 4.57. The van der Waals surface area contributed by atoms with Gasteiger partial charge in [0.1, 0.15) is 5.75 Å². The van der Waals surface area contributed by atoms with E-state index in [4.69, 9.17) is 10.5 Å². The summed E-state index contributed by atoms with van der Waals surface area (Å²) in [5.74, 6) is 0.685. The molecule has 18 heavy (non-hydrogen) atoms. The Labute approximate surface area is 106 Å². The van der Waals surface area contributed by atoms with Gasteiger partial charge in [-0.15, -0.1) is 0 Å². The molecule has 0 bridgehead atoms. The number of nitrogens with one attached hydrogen (secondary N) is 1. The number of nitrogen functional groups attached to an aromatic ring is 1. The molecule has 1 aliphatic carbocycles. The van der Waals surface area contributed by atoms with Gasteiger partial charge in [0.15, 0.2) is 6.61 Å². The zero-order valence-electron chi connectivity index (χ0n) is 10.1. The number of carbonyl (C=O) groups excluding carboxylic acids is 1. The lowest BCUT2D eigenvalue weighted by molar-refractivity contribution is -0.123. The van der Waals surface area contributed by atoms with Crippen LogP contribution < -0.4 is 15.8 Å². The molecule has 1 amide bonds. The first-order chi connectivity index (χ1) is 8.65. The van der Waals surface area contributed by atoms with E-state index in [0.717, 1.165) is 12.8 Å². The molecule has 0 spiro atoms. The molecule has 0 aromatic heterocycles. The molecule has 0 aliphatic heterocycles. The maximum Gasteiger partial charge on any atom is 0.258 e. The highest BCUT2D eigenvalue weighted by atomic mass is 16.5. The zero-order chi connectivity index (χ0) is 13.0. The van der Waals surface area contributed by atoms with Crippen molar-refractivity contribution < 1.29 is 14.6 Å². The lowest BCUT2D eigenvalue weighted by atomic mass is 10.2. The van der Waals surface area contributed by atoms with E-state index >= 15 is 0 Å². The SMILES string of the molecule is Nc1cccc(OCC(=O)NCC(O)C2CC2)c1. The zero-order valence-corrected chi connectivity index (χ0v) is 10.1. The Morgan fingerprint density at radius 3 is 3.00 bits per heavy atom. The molecule has 5 heteroatoms. The second kappa shape index (κ2) is 5.73. The van der Waals surface area contributed by atoms with Crippen LogP contribution in [0.25, 0.3) is 0 Å². The van der Waals surface area contributed by atoms with Gasteiger partial charge in [-0.25, -0.2) is 0 Å². The number of anilines is 1. The molecule has 4 N–H and O–H groups in total. The summed E-state index contributed by atoms with van der Waals surface area (Å²) < 4.78 is 5.28. The lowest BCUT2D eigenvalue weighted by Crippen LogP contribution is -2.36. The van der Waals surface area contributed by atoms with Crippen molar-refractivity contribution in [2.45, 2.75) is 18.9 Å². The van der Waals surface area contributed by atoms with Gasteiger partial charge in [-0.2, -0.15) is 0 Å². The molecule has 1 aromatic carbocycles. The molecule has 1 saturated carbocycles. The van der Waals surface area contributed by atoms with Crippen LogP contribution in [0.2, 0.25) is 0 Å². The molecule has 1 aromatic rings. The van der Waals surface area contributed by atoms with Crippen LogP contribution in [0.15, 0.2) is 24.3 Å². The van der Waals surface area contributed by atoms with Crippen LogP contribution in [-0.2, 0) is 4.79 Å². The van der Waals surface area contributed by atoms with E-state index in [1.54, 1.807) is 24.3 Å². The van der Waals surface area contributed by atoms with Gasteiger partial charge in [-0.05, 0) is 30.9 Å². The van der Waals surface area contributed by atoms with Crippen LogP contribution >= 0.6 is 0 Å². The van der Waals surface area contributed by atoms with Crippen molar-refractivity contribution in [1.82, 2.24) is 5.32 Å². The topological polar surface area (TPSA) is 84.6 Å². The molecular formula is C13H18N2O3. The van der Waals surface area contributed by atoms with Crippen LogP contribution in [0, 0.1) is 5.92 Å². The summed E-state index contributed by atoms with van der Waals surface area (Å²) in [5.41, 5.74) is 6.18. The maximum absolute atomic E-state index is 11.5. The van der Waals surface area contributed by atoms with Crippen LogP contribution in [-0.4, -0.2) is 30.3 Å². The summed E-state index contributed by atoms with van der Waals surface area (Å²) >= 11 is 0. The van der Waals surface area contributed by atoms with Crippen molar-refractivity contribution in [2.75, 3.05) is 18.9 Å². The van der Waals surface area contributed by atoms with Crippen molar-refractivity contribution in [1.29, 1.82) is 0 Å². The third kappa shape index (κ3) is 3.92. The molecule has 1 fully saturated rings. The van der Waals surface area contributed by atoms with Crippen LogP contribution in [0.1, 0.15) is 12.8 Å². The average molecular weight is 250 g/mol. The summed E-state index contributed by atoms with van der Waals surface area (Å²) in [5, 5.41) is 12.2. The van der Waals surface area contributed by atoms with Crippen LogP contribution in [0.5, 0.6) is 5.75 Å². The minimum atomic E-state index is -0.429. The largest absolute Gasteiger partial charge is 0.484 e. The summed E-state index contributed by atoms with van der Waals surface area (Å²) in [4.78, 5) is 11.5. The molecular weight excluding hydrogens is 232 g/mol. The summed E-state index contributed by atoms with van der Waals surface area (Å²) in [6, 6.07) is 6.91. The molecule has 2 rings (SSSR count). The van der Waals surface area contributed by atoms with E-state index in [0.29, 0.717) is 23.9 Å². The van der Waals surface area contributed by atoms with E-state index < -0.39 is 6.10 Å². The Morgan fingerprint density at radius 1 is 1.56 bits per heavy atom. The Morgan fingerprint density at radius 2 is 2.33 bits per heavy atom. The van der Waals surface area contributed by atoms with Crippen LogP contribution in [0.3, 0.4) is 0 Å². The molecule has 0 radical (unpaired) electrons. The van der Waals surface area contributed by atoms with Crippen molar-refractivity contribution in [3.63, 3.8) is 0 Å². The minimum absolute atomic E-state index is 0.0686. The predicted molar refractivity (Wildman–Crippen MR) is 68.1 cm³/mol. The molecule has 98 valence electrons. The number of ether oxygens (including phenoxy) is 1. The third-order valence-electron chi connectivity index (χ3n) is 2.90. The van der Waals surface area contributed by atoms with Gasteiger partial charge in [-0.3, -0.25) is 4.79 Å². The fourth-order valence-corrected chi connectivity index (χ4v) is 1.67. The van der Waals surface area contributed by atoms with Crippen molar-refractivity contribution in [3.05, 3.63) is 24.3 Å². The smallest absolute Gasteiger partial charge is 0.258 e. The van der Waals surface area contributed by atoms with Crippen LogP contribution in [0.4, 0.5) is 5.69 Å². The molecule has 1 atom stereocenters. The van der Waals surface area contributed by atoms with Gasteiger partial charge in [0.05, 0.1) is 6.10 Å². The fraction of sp³-hybridized carbons (Fsp3) is 0.462. The van der Waals surface area contributed by atoms with E-state index in [1.165, 1.54) is 0 Å². The standard InChI is InChI=1S/C13H18N2O3/c14-10-2-1-3-11(6-10)18-8-13(17)15-7-12(16)9-4-5-9/h1-3,6,9,12,16H,4-5,7-8,14H2,(H,15,17). The highest BCUT2D eigenvalue weighted by Crippen LogP contribution is 2.32. The summed E-state index contributed by atoms with van der Waals surface area (Å²) in [7, 11) is 0. The van der Waals surface area contributed by atoms with Crippen molar-refractivity contribution >= 4 is 11.6 Å². The highest BCUT2D eigenvalue weighted by Gasteiger charge is 2.29. The highest BCUT2D eigenvalue weighted by molar-refractivity contribution is 5.77. The predicted octanol–water partition coefficient (Wildman–Crippen LogP) is 0.535. The molecule has 0 saturated heterocycles. The maximum atomic E-state index is 11.5. The quantitative estimate of drug-likeness (QED) is 0.643. The van der Waals surface area contributed by atoms with E-state index in [1.807, 2.05) is 0 Å². The van der Waals surface area contributed by atoms with Crippen molar-refractivity contribution in [2.24, 2.45) is 5.92 Å². The van der Waals surface area contributed by atoms with Gasteiger partial charge in [0, 0.05) is 18.3 Å². The molecule has 1 aliphatic rings. The van der Waals surface area contributed by atoms with Crippen molar-refractivity contribution in [3.8, 4) is 5.75 Å². The van der Waals surface area contributed by atoms with Gasteiger partial charge in [-0.1, -0.05) is 6.07 Å². The Hall–Kier alpha value is -1.75. The molecule has 0 heterocycles. The first kappa shape index (κ1) is 12.7. The third-order valence-corrected chi connectivity index (χ3v) is 2.90. The van der Waals surface area contributed by atoms with Gasteiger partial charge in [0.25, 0.3) is 5.91 Å². The minimum Gasteiger partial charge on any atom is -0.484 e. The number of hydrogen-bond donors (Lipinski definition) is 3. The summed E-state index contributed by atoms with van der Waals surface area (Å²) in [6.45, 7) is 0.227. The van der Waals surface area contributed by atoms with Gasteiger partial charge >= 0.3 is 0 Å². The lowest BCUT2D eigenvalue weighted by Gasteiger charge is -2.11. The number of aliphatic hydroxyl groups is 1. The normalized spacial score (nSPS) is 16.1. The first-order valence-electron chi connectivity index (χ1n) is 6.08. The van der Waals surface area contributed by atoms with E-state index in [9.17, 15) is 9.90 Å². The number of nitrogens with two attached hydrogens (primary N) is 1. The molecule has 1 unspecified atom stereocenters. The number of rotatable bonds is 6. The number of hydrogen-bond acceptors (Lipinski definition) is 4. The fourth-order valence-electron chi connectivity index (χ4n) is 1.67. The Kier molecular flexibility index (Phi) is 4.04. The number of aliphatic hydroxyl groups excluding tert-OH is 1. The monoisotopic (exact) mass is 250 g/mol. The Balaban J connectivity index is 1.67. The second-order valence-electron chi connectivity index (χ2n) is 4.57. The average Bonchev–Trinajstić information content (AvgIpc) is 3.17.